The van der Waals surface area contributed by atoms with Crippen LogP contribution in [-0.2, 0) is 14.4 Å². The van der Waals surface area contributed by atoms with E-state index in [0.717, 1.165) is 0 Å². The van der Waals surface area contributed by atoms with Crippen LogP contribution in [-0.4, -0.2) is 29.4 Å². The number of phenols is 1. The molecule has 0 saturated carbocycles. The molecular formula is C14H16N2O5. The molecule has 1 unspecified atom stereocenters. The molecule has 0 aliphatic carbocycles. The van der Waals surface area contributed by atoms with E-state index in [1.54, 1.807) is 6.07 Å². The number of phenolic OH excluding ortho intramolecular Hbond substituents is 1. The van der Waals surface area contributed by atoms with Crippen LogP contribution in [0.4, 0.5) is 0 Å². The number of hydrogen-bond donors (Lipinski definition) is 3. The van der Waals surface area contributed by atoms with Crippen LogP contribution in [0.3, 0.4) is 0 Å². The van der Waals surface area contributed by atoms with Crippen molar-refractivity contribution < 1.29 is 24.2 Å². The molecule has 7 nitrogen and oxygen atoms in total. The van der Waals surface area contributed by atoms with Crippen molar-refractivity contribution in [2.45, 2.75) is 25.2 Å². The number of carbonyl (C=O) groups excluding carboxylic acids is 3. The number of ether oxygens (including phenoxy) is 1. The summed E-state index contributed by atoms with van der Waals surface area (Å²) in [6.07, 6.45) is 0.273. The first-order valence-corrected chi connectivity index (χ1v) is 6.54. The summed E-state index contributed by atoms with van der Waals surface area (Å²) in [6.45, 7) is 0.174. The molecule has 21 heavy (non-hydrogen) atoms. The van der Waals surface area contributed by atoms with Crippen molar-refractivity contribution in [3.05, 3.63) is 23.8 Å². The maximum absolute atomic E-state index is 11.8. The molecule has 1 aliphatic heterocycles. The lowest BCUT2D eigenvalue weighted by Gasteiger charge is -2.24. The van der Waals surface area contributed by atoms with Gasteiger partial charge in [0, 0.05) is 31.4 Å². The highest BCUT2D eigenvalue weighted by molar-refractivity contribution is 5.82. The van der Waals surface area contributed by atoms with Gasteiger partial charge in [-0.2, -0.15) is 0 Å². The van der Waals surface area contributed by atoms with Gasteiger partial charge in [0.1, 0.15) is 11.5 Å². The number of hydrogen-bond acceptors (Lipinski definition) is 5. The SMILES string of the molecule is NC(=O)CCNC(=O)CC1CC(=O)Oc2cc(O)ccc21. The summed E-state index contributed by atoms with van der Waals surface area (Å²) in [5.74, 6) is -1.24. The number of aromatic hydroxyl groups is 1. The number of amides is 2. The minimum absolute atomic E-state index is 0.00638. The molecule has 0 aromatic heterocycles. The second-order valence-corrected chi connectivity index (χ2v) is 4.87. The number of rotatable bonds is 5. The Balaban J connectivity index is 2.02. The van der Waals surface area contributed by atoms with Gasteiger partial charge in [0.25, 0.3) is 0 Å². The number of esters is 1. The van der Waals surface area contributed by atoms with Crippen molar-refractivity contribution in [3.8, 4) is 11.5 Å². The molecule has 0 spiro atoms. The third-order valence-electron chi connectivity index (χ3n) is 3.20. The Morgan fingerprint density at radius 3 is 2.90 bits per heavy atom. The van der Waals surface area contributed by atoms with E-state index in [2.05, 4.69) is 5.32 Å². The fraction of sp³-hybridized carbons (Fsp3) is 0.357. The highest BCUT2D eigenvalue weighted by Crippen LogP contribution is 2.38. The zero-order chi connectivity index (χ0) is 15.4. The molecule has 1 aromatic rings. The highest BCUT2D eigenvalue weighted by Gasteiger charge is 2.29. The monoisotopic (exact) mass is 292 g/mol. The molecule has 0 bridgehead atoms. The summed E-state index contributed by atoms with van der Waals surface area (Å²) in [6, 6.07) is 4.47. The smallest absolute Gasteiger partial charge is 0.311 e. The predicted octanol–water partition coefficient (Wildman–Crippen LogP) is 0.167. The number of primary amides is 1. The average Bonchev–Trinajstić information content (AvgIpc) is 2.37. The van der Waals surface area contributed by atoms with Gasteiger partial charge in [-0.25, -0.2) is 0 Å². The number of fused-ring (bicyclic) bond motifs is 1. The van der Waals surface area contributed by atoms with Crippen molar-refractivity contribution in [1.29, 1.82) is 0 Å². The van der Waals surface area contributed by atoms with E-state index >= 15 is 0 Å². The minimum Gasteiger partial charge on any atom is -0.508 e. The van der Waals surface area contributed by atoms with Gasteiger partial charge in [-0.1, -0.05) is 6.07 Å². The van der Waals surface area contributed by atoms with E-state index in [0.29, 0.717) is 5.56 Å². The molecule has 0 fully saturated rings. The first-order valence-electron chi connectivity index (χ1n) is 6.54. The largest absolute Gasteiger partial charge is 0.508 e. The Labute approximate surface area is 121 Å². The zero-order valence-electron chi connectivity index (χ0n) is 11.3. The molecule has 2 amide bonds. The lowest BCUT2D eigenvalue weighted by Crippen LogP contribution is -2.30. The zero-order valence-corrected chi connectivity index (χ0v) is 11.3. The fourth-order valence-corrected chi connectivity index (χ4v) is 2.23. The van der Waals surface area contributed by atoms with Crippen LogP contribution in [0.15, 0.2) is 18.2 Å². The van der Waals surface area contributed by atoms with E-state index < -0.39 is 11.9 Å². The van der Waals surface area contributed by atoms with Crippen molar-refractivity contribution >= 4 is 17.8 Å². The summed E-state index contributed by atoms with van der Waals surface area (Å²) in [5.41, 5.74) is 5.69. The predicted molar refractivity (Wildman–Crippen MR) is 72.5 cm³/mol. The lowest BCUT2D eigenvalue weighted by atomic mass is 9.89. The van der Waals surface area contributed by atoms with Gasteiger partial charge < -0.3 is 20.9 Å². The molecule has 1 heterocycles. The molecular weight excluding hydrogens is 276 g/mol. The van der Waals surface area contributed by atoms with E-state index in [1.807, 2.05) is 0 Å². The normalized spacial score (nSPS) is 16.8. The van der Waals surface area contributed by atoms with Gasteiger partial charge in [-0.15, -0.1) is 0 Å². The fourth-order valence-electron chi connectivity index (χ4n) is 2.23. The summed E-state index contributed by atoms with van der Waals surface area (Å²) < 4.78 is 5.05. The van der Waals surface area contributed by atoms with Gasteiger partial charge in [0.15, 0.2) is 0 Å². The van der Waals surface area contributed by atoms with Crippen molar-refractivity contribution in [2.75, 3.05) is 6.54 Å². The van der Waals surface area contributed by atoms with Crippen LogP contribution in [0, 0.1) is 0 Å². The van der Waals surface area contributed by atoms with Crippen LogP contribution in [0.25, 0.3) is 0 Å². The molecule has 112 valence electrons. The Kier molecular flexibility index (Phi) is 4.42. The van der Waals surface area contributed by atoms with Crippen LogP contribution in [0.5, 0.6) is 11.5 Å². The third-order valence-corrected chi connectivity index (χ3v) is 3.20. The Hall–Kier alpha value is -2.57. The van der Waals surface area contributed by atoms with Gasteiger partial charge in [-0.05, 0) is 11.6 Å². The lowest BCUT2D eigenvalue weighted by molar-refractivity contribution is -0.136. The van der Waals surface area contributed by atoms with Crippen molar-refractivity contribution in [3.63, 3.8) is 0 Å². The summed E-state index contributed by atoms with van der Waals surface area (Å²) in [4.78, 5) is 33.9. The molecule has 7 heteroatoms. The van der Waals surface area contributed by atoms with Gasteiger partial charge in [0.2, 0.25) is 11.8 Å². The number of benzene rings is 1. The van der Waals surface area contributed by atoms with Crippen LogP contribution < -0.4 is 15.8 Å². The topological polar surface area (TPSA) is 119 Å². The quantitative estimate of drug-likeness (QED) is 0.528. The molecule has 1 aromatic carbocycles. The maximum Gasteiger partial charge on any atom is 0.311 e. The summed E-state index contributed by atoms with van der Waals surface area (Å²) in [5, 5.41) is 12.0. The number of carbonyl (C=O) groups is 3. The minimum atomic E-state index is -0.489. The van der Waals surface area contributed by atoms with E-state index in [9.17, 15) is 19.5 Å². The van der Waals surface area contributed by atoms with Crippen LogP contribution in [0.2, 0.25) is 0 Å². The first-order chi connectivity index (χ1) is 9.95. The first kappa shape index (κ1) is 14.8. The maximum atomic E-state index is 11.8. The highest BCUT2D eigenvalue weighted by atomic mass is 16.5. The second-order valence-electron chi connectivity index (χ2n) is 4.87. The van der Waals surface area contributed by atoms with Gasteiger partial charge in [-0.3, -0.25) is 14.4 Å². The van der Waals surface area contributed by atoms with E-state index in [-0.39, 0.29) is 49.1 Å². The molecule has 1 aliphatic rings. The second kappa shape index (κ2) is 6.25. The number of nitrogens with two attached hydrogens (primary N) is 1. The number of nitrogens with one attached hydrogen (secondary N) is 1. The Morgan fingerprint density at radius 2 is 2.19 bits per heavy atom. The average molecular weight is 292 g/mol. The van der Waals surface area contributed by atoms with Crippen molar-refractivity contribution in [2.24, 2.45) is 5.73 Å². The van der Waals surface area contributed by atoms with Crippen LogP contribution >= 0.6 is 0 Å². The van der Waals surface area contributed by atoms with Gasteiger partial charge in [0.05, 0.1) is 6.42 Å². The van der Waals surface area contributed by atoms with Crippen molar-refractivity contribution in [1.82, 2.24) is 5.32 Å². The summed E-state index contributed by atoms with van der Waals surface area (Å²) in [7, 11) is 0. The third kappa shape index (κ3) is 3.95. The Morgan fingerprint density at radius 1 is 1.43 bits per heavy atom. The van der Waals surface area contributed by atoms with Crippen LogP contribution in [0.1, 0.15) is 30.7 Å². The standard InChI is InChI=1S/C14H16N2O5/c15-12(18)3-4-16-13(19)5-8-6-14(20)21-11-7-9(17)1-2-10(8)11/h1-2,7-8,17H,3-6H2,(H2,15,18)(H,16,19). The van der Waals surface area contributed by atoms with E-state index in [1.165, 1.54) is 12.1 Å². The molecule has 4 N–H and O–H groups in total. The van der Waals surface area contributed by atoms with E-state index in [4.69, 9.17) is 10.5 Å². The Bertz CT molecular complexity index is 585. The molecule has 1 atom stereocenters. The molecule has 0 radical (unpaired) electrons. The molecule has 2 rings (SSSR count). The van der Waals surface area contributed by atoms with Gasteiger partial charge >= 0.3 is 5.97 Å². The molecule has 0 saturated heterocycles. The summed E-state index contributed by atoms with van der Waals surface area (Å²) >= 11 is 0.